The number of hydrazone groups is 1. The van der Waals surface area contributed by atoms with E-state index in [0.29, 0.717) is 17.1 Å². The summed E-state index contributed by atoms with van der Waals surface area (Å²) in [6.07, 6.45) is 1.53. The number of ether oxygens (including phenoxy) is 2. The van der Waals surface area contributed by atoms with E-state index in [0.717, 1.165) is 5.69 Å². The molecule has 2 aromatic carbocycles. The standard InChI is InChI=1S/C19H23N3O3/c1-13-5-7-16(8-6-13)21-14(2)19(23)22-20-12-15-11-17(24-3)9-10-18(15)25-4/h5-12,14,21H,1-4H3,(H,22,23)/b20-12-/t14-/m1/s1. The molecule has 0 unspecified atom stereocenters. The lowest BCUT2D eigenvalue weighted by Gasteiger charge is -2.13. The summed E-state index contributed by atoms with van der Waals surface area (Å²) < 4.78 is 10.4. The first-order valence-electron chi connectivity index (χ1n) is 7.91. The van der Waals surface area contributed by atoms with Crippen LogP contribution in [0.15, 0.2) is 47.6 Å². The molecule has 0 saturated carbocycles. The zero-order valence-corrected chi connectivity index (χ0v) is 14.9. The van der Waals surface area contributed by atoms with Gasteiger partial charge in [0.05, 0.1) is 20.4 Å². The van der Waals surface area contributed by atoms with Crippen LogP contribution in [0, 0.1) is 6.92 Å². The molecule has 0 saturated heterocycles. The van der Waals surface area contributed by atoms with E-state index in [1.807, 2.05) is 31.2 Å². The number of carbonyl (C=O) groups excluding carboxylic acids is 1. The second-order valence-electron chi connectivity index (χ2n) is 5.57. The topological polar surface area (TPSA) is 72.0 Å². The molecular formula is C19H23N3O3. The lowest BCUT2D eigenvalue weighted by molar-refractivity contribution is -0.121. The van der Waals surface area contributed by atoms with Gasteiger partial charge in [-0.15, -0.1) is 0 Å². The maximum Gasteiger partial charge on any atom is 0.262 e. The van der Waals surface area contributed by atoms with Gasteiger partial charge in [0.25, 0.3) is 5.91 Å². The number of carbonyl (C=O) groups is 1. The molecule has 6 heteroatoms. The Balaban J connectivity index is 1.96. The Kier molecular flexibility index (Phi) is 6.39. The number of anilines is 1. The van der Waals surface area contributed by atoms with Gasteiger partial charge in [-0.25, -0.2) is 5.43 Å². The lowest BCUT2D eigenvalue weighted by atomic mass is 10.2. The Morgan fingerprint density at radius 2 is 1.84 bits per heavy atom. The highest BCUT2D eigenvalue weighted by Gasteiger charge is 2.11. The van der Waals surface area contributed by atoms with Gasteiger partial charge in [-0.1, -0.05) is 17.7 Å². The van der Waals surface area contributed by atoms with Crippen molar-refractivity contribution in [1.82, 2.24) is 5.43 Å². The summed E-state index contributed by atoms with van der Waals surface area (Å²) in [4.78, 5) is 12.1. The zero-order valence-electron chi connectivity index (χ0n) is 14.9. The molecular weight excluding hydrogens is 318 g/mol. The molecule has 2 N–H and O–H groups in total. The van der Waals surface area contributed by atoms with Crippen LogP contribution in [0.3, 0.4) is 0 Å². The first kappa shape index (κ1) is 18.3. The number of nitrogens with one attached hydrogen (secondary N) is 2. The number of hydrogen-bond acceptors (Lipinski definition) is 5. The molecule has 0 aromatic heterocycles. The Labute approximate surface area is 147 Å². The van der Waals surface area contributed by atoms with E-state index in [4.69, 9.17) is 9.47 Å². The van der Waals surface area contributed by atoms with Crippen molar-refractivity contribution >= 4 is 17.8 Å². The van der Waals surface area contributed by atoms with Crippen molar-refractivity contribution in [2.75, 3.05) is 19.5 Å². The molecule has 0 radical (unpaired) electrons. The first-order valence-corrected chi connectivity index (χ1v) is 7.91. The van der Waals surface area contributed by atoms with Crippen LogP contribution >= 0.6 is 0 Å². The summed E-state index contributed by atoms with van der Waals surface area (Å²) in [5.74, 6) is 1.09. The highest BCUT2D eigenvalue weighted by molar-refractivity contribution is 5.88. The largest absolute Gasteiger partial charge is 0.497 e. The van der Waals surface area contributed by atoms with Gasteiger partial charge in [-0.3, -0.25) is 4.79 Å². The van der Waals surface area contributed by atoms with Gasteiger partial charge in [0.1, 0.15) is 17.5 Å². The molecule has 0 spiro atoms. The van der Waals surface area contributed by atoms with Crippen LogP contribution in [0.25, 0.3) is 0 Å². The van der Waals surface area contributed by atoms with Crippen LogP contribution in [0.2, 0.25) is 0 Å². The third kappa shape index (κ3) is 5.24. The van der Waals surface area contributed by atoms with Crippen molar-refractivity contribution < 1.29 is 14.3 Å². The fraction of sp³-hybridized carbons (Fsp3) is 0.263. The summed E-state index contributed by atoms with van der Waals surface area (Å²) >= 11 is 0. The van der Waals surface area contributed by atoms with Crippen molar-refractivity contribution in [3.63, 3.8) is 0 Å². The Hall–Kier alpha value is -3.02. The van der Waals surface area contributed by atoms with Crippen molar-refractivity contribution in [3.05, 3.63) is 53.6 Å². The van der Waals surface area contributed by atoms with Gasteiger partial charge in [0.2, 0.25) is 0 Å². The summed E-state index contributed by atoms with van der Waals surface area (Å²) in [6, 6.07) is 12.8. The lowest BCUT2D eigenvalue weighted by Crippen LogP contribution is -2.34. The molecule has 1 atom stereocenters. The predicted molar refractivity (Wildman–Crippen MR) is 99.5 cm³/mol. The summed E-state index contributed by atoms with van der Waals surface area (Å²) in [7, 11) is 3.16. The molecule has 0 fully saturated rings. The highest BCUT2D eigenvalue weighted by Crippen LogP contribution is 2.22. The molecule has 25 heavy (non-hydrogen) atoms. The number of nitrogens with zero attached hydrogens (tertiary/aromatic N) is 1. The molecule has 1 amide bonds. The Morgan fingerprint density at radius 3 is 2.48 bits per heavy atom. The van der Waals surface area contributed by atoms with Gasteiger partial charge in [0, 0.05) is 11.3 Å². The number of amides is 1. The third-order valence-corrected chi connectivity index (χ3v) is 3.64. The van der Waals surface area contributed by atoms with Crippen molar-refractivity contribution in [2.45, 2.75) is 19.9 Å². The van der Waals surface area contributed by atoms with Gasteiger partial charge in [-0.2, -0.15) is 5.10 Å². The molecule has 0 heterocycles. The average Bonchev–Trinajstić information content (AvgIpc) is 2.63. The minimum Gasteiger partial charge on any atom is -0.497 e. The number of methoxy groups -OCH3 is 2. The summed E-state index contributed by atoms with van der Waals surface area (Å²) in [6.45, 7) is 3.79. The molecule has 2 rings (SSSR count). The van der Waals surface area contributed by atoms with Crippen molar-refractivity contribution in [1.29, 1.82) is 0 Å². The SMILES string of the molecule is COc1ccc(OC)c(/C=N\NC(=O)[C@@H](C)Nc2ccc(C)cc2)c1. The third-order valence-electron chi connectivity index (χ3n) is 3.64. The Bertz CT molecular complexity index is 742. The van der Waals surface area contributed by atoms with Crippen molar-refractivity contribution in [3.8, 4) is 11.5 Å². The molecule has 6 nitrogen and oxygen atoms in total. The van der Waals surface area contributed by atoms with E-state index in [1.54, 1.807) is 39.3 Å². The monoisotopic (exact) mass is 341 g/mol. The number of rotatable bonds is 7. The highest BCUT2D eigenvalue weighted by atomic mass is 16.5. The normalized spacial score (nSPS) is 11.8. The molecule has 132 valence electrons. The van der Waals surface area contributed by atoms with Crippen molar-refractivity contribution in [2.24, 2.45) is 5.10 Å². The van der Waals surface area contributed by atoms with E-state index in [-0.39, 0.29) is 5.91 Å². The number of aryl methyl sites for hydroxylation is 1. The maximum absolute atomic E-state index is 12.1. The fourth-order valence-corrected chi connectivity index (χ4v) is 2.17. The molecule has 0 aliphatic carbocycles. The fourth-order valence-electron chi connectivity index (χ4n) is 2.17. The summed E-state index contributed by atoms with van der Waals surface area (Å²) in [5, 5.41) is 7.13. The van der Waals surface area contributed by atoms with Crippen LogP contribution in [0.1, 0.15) is 18.1 Å². The number of benzene rings is 2. The van der Waals surface area contributed by atoms with Gasteiger partial charge >= 0.3 is 0 Å². The van der Waals surface area contributed by atoms with Crippen LogP contribution in [0.4, 0.5) is 5.69 Å². The molecule has 0 bridgehead atoms. The first-order chi connectivity index (χ1) is 12.0. The van der Waals surface area contributed by atoms with Crippen LogP contribution in [-0.2, 0) is 4.79 Å². The molecule has 0 aliphatic rings. The van der Waals surface area contributed by atoms with Crippen LogP contribution in [0.5, 0.6) is 11.5 Å². The van der Waals surface area contributed by atoms with Crippen LogP contribution in [-0.4, -0.2) is 32.4 Å². The van der Waals surface area contributed by atoms with Gasteiger partial charge in [0.15, 0.2) is 0 Å². The van der Waals surface area contributed by atoms with E-state index < -0.39 is 6.04 Å². The number of hydrogen-bond donors (Lipinski definition) is 2. The zero-order chi connectivity index (χ0) is 18.2. The average molecular weight is 341 g/mol. The van der Waals surface area contributed by atoms with Crippen LogP contribution < -0.4 is 20.2 Å². The minimum absolute atomic E-state index is 0.237. The minimum atomic E-state index is -0.424. The second-order valence-corrected chi connectivity index (χ2v) is 5.57. The Morgan fingerprint density at radius 1 is 1.12 bits per heavy atom. The van der Waals surface area contributed by atoms with Gasteiger partial charge in [-0.05, 0) is 44.2 Å². The molecule has 2 aromatic rings. The molecule has 0 aliphatic heterocycles. The quantitative estimate of drug-likeness (QED) is 0.600. The van der Waals surface area contributed by atoms with E-state index in [2.05, 4.69) is 15.8 Å². The van der Waals surface area contributed by atoms with E-state index >= 15 is 0 Å². The van der Waals surface area contributed by atoms with Gasteiger partial charge < -0.3 is 14.8 Å². The smallest absolute Gasteiger partial charge is 0.262 e. The maximum atomic E-state index is 12.1. The van der Waals surface area contributed by atoms with E-state index in [1.165, 1.54) is 11.8 Å². The summed E-state index contributed by atoms with van der Waals surface area (Å²) in [5.41, 5.74) is 5.28. The second kappa shape index (κ2) is 8.73. The van der Waals surface area contributed by atoms with E-state index in [9.17, 15) is 4.79 Å². The predicted octanol–water partition coefficient (Wildman–Crippen LogP) is 2.96.